The molecule has 0 saturated carbocycles. The van der Waals surface area contributed by atoms with Crippen molar-refractivity contribution in [1.82, 2.24) is 14.8 Å². The number of aryl methyl sites for hydroxylation is 1. The molecule has 8 nitrogen and oxygen atoms in total. The molecule has 2 aromatic rings. The Hall–Kier alpha value is -1.94. The molecule has 0 radical (unpaired) electrons. The van der Waals surface area contributed by atoms with E-state index in [4.69, 9.17) is 5.11 Å². The number of thiazole rings is 1. The number of nitrogens with zero attached hydrogens (tertiary/aromatic N) is 3. The van der Waals surface area contributed by atoms with Crippen LogP contribution in [0.2, 0.25) is 0 Å². The van der Waals surface area contributed by atoms with Crippen molar-refractivity contribution >= 4 is 33.0 Å². The van der Waals surface area contributed by atoms with Gasteiger partial charge in [-0.25, -0.2) is 13.4 Å². The molecular formula is C9H10N4O4S2. The number of aromatic nitrogens is 3. The maximum Gasteiger partial charge on any atom is 0.325 e. The molecule has 2 N–H and O–H groups in total. The van der Waals surface area contributed by atoms with Gasteiger partial charge in [0.2, 0.25) is 0 Å². The molecule has 2 aromatic heterocycles. The van der Waals surface area contributed by atoms with E-state index in [1.807, 2.05) is 0 Å². The lowest BCUT2D eigenvalue weighted by atomic mass is 10.6. The first-order valence-electron chi connectivity index (χ1n) is 5.06. The largest absolute Gasteiger partial charge is 0.480 e. The highest BCUT2D eigenvalue weighted by molar-refractivity contribution is 7.94. The molecule has 2 rings (SSSR count). The Bertz CT molecular complexity index is 703. The molecule has 102 valence electrons. The van der Waals surface area contributed by atoms with Gasteiger partial charge < -0.3 is 5.11 Å². The van der Waals surface area contributed by atoms with Crippen molar-refractivity contribution in [3.63, 3.8) is 0 Å². The summed E-state index contributed by atoms with van der Waals surface area (Å²) in [5, 5.41) is 13.0. The highest BCUT2D eigenvalue weighted by atomic mass is 32.2. The summed E-state index contributed by atoms with van der Waals surface area (Å²) in [5.74, 6) is -1.06. The normalized spacial score (nSPS) is 11.4. The molecule has 19 heavy (non-hydrogen) atoms. The zero-order valence-electron chi connectivity index (χ0n) is 9.77. The zero-order valence-corrected chi connectivity index (χ0v) is 11.4. The first-order chi connectivity index (χ1) is 8.87. The summed E-state index contributed by atoms with van der Waals surface area (Å²) in [5.41, 5.74) is 0.201. The van der Waals surface area contributed by atoms with Crippen LogP contribution < -0.4 is 4.72 Å². The Balaban J connectivity index is 2.16. The van der Waals surface area contributed by atoms with Crippen molar-refractivity contribution in [2.75, 3.05) is 4.72 Å². The third kappa shape index (κ3) is 3.29. The second-order valence-electron chi connectivity index (χ2n) is 3.62. The third-order valence-electron chi connectivity index (χ3n) is 2.05. The van der Waals surface area contributed by atoms with Gasteiger partial charge in [-0.15, -0.1) is 11.3 Å². The standard InChI is InChI=1S/C9H10N4O4S2/c1-6-10-3-9(18-6)19(16,17)12-7-2-11-13(4-7)5-8(14)15/h2-4,12H,5H2,1H3,(H,14,15). The van der Waals surface area contributed by atoms with E-state index < -0.39 is 16.0 Å². The average molecular weight is 302 g/mol. The van der Waals surface area contributed by atoms with E-state index in [0.717, 1.165) is 16.0 Å². The van der Waals surface area contributed by atoms with Crippen LogP contribution in [0.4, 0.5) is 5.69 Å². The van der Waals surface area contributed by atoms with Crippen LogP contribution in [0.15, 0.2) is 22.8 Å². The molecule has 0 aromatic carbocycles. The van der Waals surface area contributed by atoms with Crippen LogP contribution in [0.3, 0.4) is 0 Å². The van der Waals surface area contributed by atoms with E-state index in [-0.39, 0.29) is 16.4 Å². The first-order valence-corrected chi connectivity index (χ1v) is 7.36. The predicted molar refractivity (Wildman–Crippen MR) is 67.5 cm³/mol. The van der Waals surface area contributed by atoms with Crippen molar-refractivity contribution < 1.29 is 18.3 Å². The molecule has 10 heteroatoms. The molecule has 0 saturated heterocycles. The fourth-order valence-corrected chi connectivity index (χ4v) is 3.45. The minimum Gasteiger partial charge on any atom is -0.480 e. The van der Waals surface area contributed by atoms with Gasteiger partial charge in [-0.1, -0.05) is 0 Å². The van der Waals surface area contributed by atoms with Gasteiger partial charge in [-0.2, -0.15) is 5.10 Å². The minimum absolute atomic E-state index is 0.0935. The molecule has 0 aliphatic rings. The van der Waals surface area contributed by atoms with Crippen LogP contribution >= 0.6 is 11.3 Å². The van der Waals surface area contributed by atoms with Crippen LogP contribution in [0.1, 0.15) is 5.01 Å². The fourth-order valence-electron chi connectivity index (χ4n) is 1.31. The summed E-state index contributed by atoms with van der Waals surface area (Å²) >= 11 is 1.05. The first kappa shape index (κ1) is 13.5. The summed E-state index contributed by atoms with van der Waals surface area (Å²) < 4.78 is 27.4. The number of nitrogens with one attached hydrogen (secondary N) is 1. The second kappa shape index (κ2) is 4.97. The van der Waals surface area contributed by atoms with Gasteiger partial charge >= 0.3 is 5.97 Å². The van der Waals surface area contributed by atoms with Crippen LogP contribution in [0.25, 0.3) is 0 Å². The Kier molecular flexibility index (Phi) is 3.53. The van der Waals surface area contributed by atoms with E-state index in [9.17, 15) is 13.2 Å². The molecule has 0 aliphatic heterocycles. The molecule has 0 unspecified atom stereocenters. The quantitative estimate of drug-likeness (QED) is 0.833. The number of rotatable bonds is 5. The molecule has 0 bridgehead atoms. The van der Waals surface area contributed by atoms with Crippen molar-refractivity contribution in [3.05, 3.63) is 23.6 Å². The number of carboxylic acids is 1. The van der Waals surface area contributed by atoms with E-state index in [1.54, 1.807) is 6.92 Å². The Labute approximate surface area is 112 Å². The minimum atomic E-state index is -3.70. The third-order valence-corrected chi connectivity index (χ3v) is 4.80. The van der Waals surface area contributed by atoms with Gasteiger partial charge in [0.15, 0.2) is 4.21 Å². The number of hydrogen-bond donors (Lipinski definition) is 2. The number of carboxylic acid groups (broad SMARTS) is 1. The van der Waals surface area contributed by atoms with Gasteiger partial charge in [0, 0.05) is 6.20 Å². The van der Waals surface area contributed by atoms with Crippen molar-refractivity contribution in [3.8, 4) is 0 Å². The Morgan fingerprint density at radius 2 is 2.26 bits per heavy atom. The number of aliphatic carboxylic acids is 1. The summed E-state index contributed by atoms with van der Waals surface area (Å²) in [6, 6.07) is 0. The zero-order chi connectivity index (χ0) is 14.0. The number of anilines is 1. The second-order valence-corrected chi connectivity index (χ2v) is 6.77. The molecule has 0 atom stereocenters. The van der Waals surface area contributed by atoms with E-state index in [1.165, 1.54) is 18.6 Å². The smallest absolute Gasteiger partial charge is 0.325 e. The fraction of sp³-hybridized carbons (Fsp3) is 0.222. The monoisotopic (exact) mass is 302 g/mol. The van der Waals surface area contributed by atoms with Gasteiger partial charge in [0.1, 0.15) is 6.54 Å². The number of hydrogen-bond acceptors (Lipinski definition) is 6. The van der Waals surface area contributed by atoms with Gasteiger partial charge in [-0.3, -0.25) is 14.2 Å². The summed E-state index contributed by atoms with van der Waals surface area (Å²) in [6.07, 6.45) is 3.82. The maximum absolute atomic E-state index is 12.0. The van der Waals surface area contributed by atoms with Crippen LogP contribution in [0, 0.1) is 6.92 Å². The van der Waals surface area contributed by atoms with Gasteiger partial charge in [0.25, 0.3) is 10.0 Å². The van der Waals surface area contributed by atoms with Gasteiger partial charge in [0.05, 0.1) is 23.1 Å². The average Bonchev–Trinajstić information content (AvgIpc) is 2.87. The van der Waals surface area contributed by atoms with Crippen LogP contribution in [-0.4, -0.2) is 34.3 Å². The van der Waals surface area contributed by atoms with Crippen LogP contribution in [0.5, 0.6) is 0 Å². The summed E-state index contributed by atoms with van der Waals surface area (Å²) in [4.78, 5) is 14.4. The predicted octanol–water partition coefficient (Wildman–Crippen LogP) is 0.533. The van der Waals surface area contributed by atoms with Gasteiger partial charge in [-0.05, 0) is 6.92 Å². The summed E-state index contributed by atoms with van der Waals surface area (Å²) in [6.45, 7) is 1.37. The maximum atomic E-state index is 12.0. The van der Waals surface area contributed by atoms with E-state index in [2.05, 4.69) is 14.8 Å². The van der Waals surface area contributed by atoms with Crippen molar-refractivity contribution in [1.29, 1.82) is 0 Å². The lowest BCUT2D eigenvalue weighted by molar-refractivity contribution is -0.137. The Morgan fingerprint density at radius 3 is 2.84 bits per heavy atom. The molecule has 2 heterocycles. The topological polar surface area (TPSA) is 114 Å². The van der Waals surface area contributed by atoms with E-state index in [0.29, 0.717) is 5.01 Å². The highest BCUT2D eigenvalue weighted by Crippen LogP contribution is 2.20. The number of carbonyl (C=O) groups is 1. The SMILES string of the molecule is Cc1ncc(S(=O)(=O)Nc2cnn(CC(=O)O)c2)s1. The van der Waals surface area contributed by atoms with Crippen molar-refractivity contribution in [2.45, 2.75) is 17.7 Å². The molecule has 0 fully saturated rings. The molecular weight excluding hydrogens is 292 g/mol. The molecule has 0 aliphatic carbocycles. The Morgan fingerprint density at radius 1 is 1.53 bits per heavy atom. The van der Waals surface area contributed by atoms with Crippen molar-refractivity contribution in [2.24, 2.45) is 0 Å². The highest BCUT2D eigenvalue weighted by Gasteiger charge is 2.18. The molecule has 0 amide bonds. The lowest BCUT2D eigenvalue weighted by Gasteiger charge is -2.01. The lowest BCUT2D eigenvalue weighted by Crippen LogP contribution is -2.11. The number of sulfonamides is 1. The van der Waals surface area contributed by atoms with Crippen LogP contribution in [-0.2, 0) is 21.4 Å². The molecule has 0 spiro atoms. The summed E-state index contributed by atoms with van der Waals surface area (Å²) in [7, 11) is -3.70. The van der Waals surface area contributed by atoms with E-state index >= 15 is 0 Å².